The van der Waals surface area contributed by atoms with Crippen LogP contribution in [0.3, 0.4) is 0 Å². The van der Waals surface area contributed by atoms with Gasteiger partial charge in [0.1, 0.15) is 5.75 Å². The number of nitrogens with one attached hydrogen (secondary N) is 1. The van der Waals surface area contributed by atoms with Crippen LogP contribution in [0.25, 0.3) is 0 Å². The van der Waals surface area contributed by atoms with Gasteiger partial charge in [0.2, 0.25) is 0 Å². The Bertz CT molecular complexity index is 463. The van der Waals surface area contributed by atoms with Crippen LogP contribution in [0.2, 0.25) is 0 Å². The highest BCUT2D eigenvalue weighted by atomic mass is 16.5. The molecular formula is C19H29NO. The predicted molar refractivity (Wildman–Crippen MR) is 87.8 cm³/mol. The maximum Gasteiger partial charge on any atom is 0.126 e. The van der Waals surface area contributed by atoms with E-state index in [1.165, 1.54) is 49.8 Å². The third-order valence-corrected chi connectivity index (χ3v) is 5.29. The Labute approximate surface area is 129 Å². The molecule has 0 saturated heterocycles. The van der Waals surface area contributed by atoms with Gasteiger partial charge in [0.25, 0.3) is 0 Å². The van der Waals surface area contributed by atoms with E-state index >= 15 is 0 Å². The number of hydrogen-bond acceptors (Lipinski definition) is 2. The molecule has 2 heteroatoms. The van der Waals surface area contributed by atoms with E-state index in [-0.39, 0.29) is 0 Å². The van der Waals surface area contributed by atoms with Crippen molar-refractivity contribution in [2.75, 3.05) is 13.2 Å². The van der Waals surface area contributed by atoms with Crippen LogP contribution < -0.4 is 10.1 Å². The van der Waals surface area contributed by atoms with Gasteiger partial charge in [0.05, 0.1) is 6.61 Å². The minimum absolute atomic E-state index is 0.474. The van der Waals surface area contributed by atoms with E-state index in [1.807, 2.05) is 0 Å². The van der Waals surface area contributed by atoms with Crippen molar-refractivity contribution < 1.29 is 4.74 Å². The molecule has 1 heterocycles. The Morgan fingerprint density at radius 3 is 2.76 bits per heavy atom. The van der Waals surface area contributed by atoms with Crippen LogP contribution in [0.5, 0.6) is 5.75 Å². The maximum absolute atomic E-state index is 5.98. The first-order chi connectivity index (χ1) is 10.2. The van der Waals surface area contributed by atoms with E-state index in [4.69, 9.17) is 4.74 Å². The van der Waals surface area contributed by atoms with Crippen molar-refractivity contribution in [3.8, 4) is 5.75 Å². The van der Waals surface area contributed by atoms with Crippen LogP contribution in [-0.4, -0.2) is 13.2 Å². The first kappa shape index (κ1) is 14.9. The van der Waals surface area contributed by atoms with Crippen molar-refractivity contribution in [3.63, 3.8) is 0 Å². The van der Waals surface area contributed by atoms with Crippen LogP contribution in [0.1, 0.15) is 62.6 Å². The van der Waals surface area contributed by atoms with Crippen LogP contribution in [0, 0.1) is 18.8 Å². The topological polar surface area (TPSA) is 21.3 Å². The molecule has 1 aromatic rings. The van der Waals surface area contributed by atoms with Crippen molar-refractivity contribution in [1.82, 2.24) is 5.32 Å². The molecule has 0 spiro atoms. The normalized spacial score (nSPS) is 29.3. The molecule has 1 unspecified atom stereocenters. The third kappa shape index (κ3) is 3.60. The Morgan fingerprint density at radius 2 is 1.95 bits per heavy atom. The fourth-order valence-corrected chi connectivity index (χ4v) is 3.82. The fourth-order valence-electron chi connectivity index (χ4n) is 3.82. The van der Waals surface area contributed by atoms with Gasteiger partial charge >= 0.3 is 0 Å². The Balaban J connectivity index is 1.64. The van der Waals surface area contributed by atoms with Crippen LogP contribution >= 0.6 is 0 Å². The highest BCUT2D eigenvalue weighted by molar-refractivity contribution is 5.43. The second-order valence-electron chi connectivity index (χ2n) is 7.07. The summed E-state index contributed by atoms with van der Waals surface area (Å²) >= 11 is 0. The molecule has 0 aromatic heterocycles. The first-order valence-corrected chi connectivity index (χ1v) is 8.69. The molecule has 1 aromatic carbocycles. The number of benzene rings is 1. The van der Waals surface area contributed by atoms with Gasteiger partial charge in [-0.2, -0.15) is 0 Å². The van der Waals surface area contributed by atoms with Gasteiger partial charge in [-0.15, -0.1) is 0 Å². The quantitative estimate of drug-likeness (QED) is 0.875. The van der Waals surface area contributed by atoms with Gasteiger partial charge in [0.15, 0.2) is 0 Å². The van der Waals surface area contributed by atoms with E-state index in [0.29, 0.717) is 6.04 Å². The Hall–Kier alpha value is -1.02. The van der Waals surface area contributed by atoms with Gasteiger partial charge in [-0.05, 0) is 56.6 Å². The molecule has 1 N–H and O–H groups in total. The molecule has 21 heavy (non-hydrogen) atoms. The molecule has 0 radical (unpaired) electrons. The summed E-state index contributed by atoms with van der Waals surface area (Å²) < 4.78 is 5.98. The lowest BCUT2D eigenvalue weighted by Gasteiger charge is -2.28. The number of rotatable bonds is 3. The molecule has 1 fully saturated rings. The predicted octanol–water partition coefficient (Wildman–Crippen LogP) is 4.62. The monoisotopic (exact) mass is 287 g/mol. The summed E-state index contributed by atoms with van der Waals surface area (Å²) in [6.07, 6.45) is 7.97. The molecule has 0 bridgehead atoms. The highest BCUT2D eigenvalue weighted by Crippen LogP contribution is 2.35. The summed E-state index contributed by atoms with van der Waals surface area (Å²) in [6, 6.07) is 7.04. The average molecular weight is 287 g/mol. The van der Waals surface area contributed by atoms with Crippen molar-refractivity contribution in [2.24, 2.45) is 11.8 Å². The summed E-state index contributed by atoms with van der Waals surface area (Å²) in [5.74, 6) is 2.94. The SMILES string of the molecule is Cc1cccc2c1OCCCC2NCC1CCC(C)CC1. The standard InChI is InChI=1S/C19H29NO/c1-14-8-10-16(11-9-14)13-20-18-7-4-12-21-19-15(2)5-3-6-17(18)19/h3,5-6,14,16,18,20H,4,7-13H2,1-2H3. The number of hydrogen-bond donors (Lipinski definition) is 1. The summed E-state index contributed by atoms with van der Waals surface area (Å²) in [5.41, 5.74) is 2.64. The van der Waals surface area contributed by atoms with Crippen LogP contribution in [0.15, 0.2) is 18.2 Å². The second-order valence-corrected chi connectivity index (χ2v) is 7.07. The number of ether oxygens (including phenoxy) is 1. The van der Waals surface area contributed by atoms with Crippen LogP contribution in [-0.2, 0) is 0 Å². The Kier molecular flexibility index (Phi) is 4.84. The zero-order chi connectivity index (χ0) is 14.7. The molecule has 1 aliphatic heterocycles. The van der Waals surface area contributed by atoms with Crippen molar-refractivity contribution in [1.29, 1.82) is 0 Å². The summed E-state index contributed by atoms with van der Waals surface area (Å²) in [5, 5.41) is 3.85. The summed E-state index contributed by atoms with van der Waals surface area (Å²) in [7, 11) is 0. The summed E-state index contributed by atoms with van der Waals surface area (Å²) in [6.45, 7) is 6.58. The molecule has 3 rings (SSSR count). The van der Waals surface area contributed by atoms with E-state index in [2.05, 4.69) is 37.4 Å². The van der Waals surface area contributed by atoms with E-state index in [1.54, 1.807) is 0 Å². The smallest absolute Gasteiger partial charge is 0.126 e. The molecule has 1 atom stereocenters. The molecule has 116 valence electrons. The number of para-hydroxylation sites is 1. The molecule has 1 aliphatic carbocycles. The van der Waals surface area contributed by atoms with Crippen molar-refractivity contribution in [2.45, 2.75) is 58.4 Å². The second kappa shape index (κ2) is 6.83. The Morgan fingerprint density at radius 1 is 1.14 bits per heavy atom. The summed E-state index contributed by atoms with van der Waals surface area (Å²) in [4.78, 5) is 0. The molecule has 2 nitrogen and oxygen atoms in total. The third-order valence-electron chi connectivity index (χ3n) is 5.29. The maximum atomic E-state index is 5.98. The van der Waals surface area contributed by atoms with Crippen molar-refractivity contribution >= 4 is 0 Å². The largest absolute Gasteiger partial charge is 0.493 e. The molecular weight excluding hydrogens is 258 g/mol. The zero-order valence-corrected chi connectivity index (χ0v) is 13.5. The zero-order valence-electron chi connectivity index (χ0n) is 13.5. The average Bonchev–Trinajstić information content (AvgIpc) is 2.70. The highest BCUT2D eigenvalue weighted by Gasteiger charge is 2.23. The van der Waals surface area contributed by atoms with Gasteiger partial charge in [-0.25, -0.2) is 0 Å². The minimum atomic E-state index is 0.474. The number of aryl methyl sites for hydroxylation is 1. The lowest BCUT2D eigenvalue weighted by Crippen LogP contribution is -2.29. The van der Waals surface area contributed by atoms with Crippen LogP contribution in [0.4, 0.5) is 0 Å². The lowest BCUT2D eigenvalue weighted by molar-refractivity contribution is 0.271. The number of fused-ring (bicyclic) bond motifs is 1. The van der Waals surface area contributed by atoms with Gasteiger partial charge in [-0.3, -0.25) is 0 Å². The molecule has 0 amide bonds. The van der Waals surface area contributed by atoms with Gasteiger partial charge in [0, 0.05) is 11.6 Å². The molecule has 1 saturated carbocycles. The van der Waals surface area contributed by atoms with Gasteiger partial charge in [-0.1, -0.05) is 38.0 Å². The van der Waals surface area contributed by atoms with E-state index in [9.17, 15) is 0 Å². The van der Waals surface area contributed by atoms with E-state index in [0.717, 1.165) is 30.6 Å². The molecule has 2 aliphatic rings. The fraction of sp³-hybridized carbons (Fsp3) is 0.684. The lowest BCUT2D eigenvalue weighted by atomic mass is 9.83. The van der Waals surface area contributed by atoms with Crippen molar-refractivity contribution in [3.05, 3.63) is 29.3 Å². The minimum Gasteiger partial charge on any atom is -0.493 e. The first-order valence-electron chi connectivity index (χ1n) is 8.69. The van der Waals surface area contributed by atoms with Gasteiger partial charge < -0.3 is 10.1 Å². The van der Waals surface area contributed by atoms with E-state index < -0.39 is 0 Å².